The van der Waals surface area contributed by atoms with Crippen LogP contribution in [0.4, 0.5) is 5.69 Å². The van der Waals surface area contributed by atoms with E-state index in [0.717, 1.165) is 4.47 Å². The van der Waals surface area contributed by atoms with Crippen molar-refractivity contribution in [1.29, 1.82) is 0 Å². The first-order valence-electron chi connectivity index (χ1n) is 5.64. The summed E-state index contributed by atoms with van der Waals surface area (Å²) in [5.41, 5.74) is 1.09. The van der Waals surface area contributed by atoms with Crippen molar-refractivity contribution in [2.45, 2.75) is 4.90 Å². The smallest absolute Gasteiger partial charge is 0.256 e. The topological polar surface area (TPSA) is 38.3 Å². The number of hydrogen-bond donors (Lipinski definition) is 2. The molecule has 20 heavy (non-hydrogen) atoms. The molecule has 104 valence electrons. The third kappa shape index (κ3) is 3.48. The summed E-state index contributed by atoms with van der Waals surface area (Å²) in [4.78, 5) is 12.8. The molecular weight excluding hydrogens is 362 g/mol. The van der Waals surface area contributed by atoms with E-state index in [4.69, 9.17) is 16.3 Å². The van der Waals surface area contributed by atoms with E-state index >= 15 is 0 Å². The maximum Gasteiger partial charge on any atom is 0.256 e. The number of carbonyl (C=O) groups excluding carboxylic acids is 1. The highest BCUT2D eigenvalue weighted by Crippen LogP contribution is 2.28. The monoisotopic (exact) mass is 371 g/mol. The van der Waals surface area contributed by atoms with Crippen molar-refractivity contribution in [2.75, 3.05) is 12.4 Å². The molecule has 3 nitrogen and oxygen atoms in total. The number of halogens is 2. The van der Waals surface area contributed by atoms with Gasteiger partial charge in [0.2, 0.25) is 0 Å². The Hall–Kier alpha value is -1.17. The number of ether oxygens (including phenoxy) is 1. The molecule has 0 saturated heterocycles. The molecule has 0 atom stereocenters. The molecule has 0 saturated carbocycles. The van der Waals surface area contributed by atoms with Crippen LogP contribution in [0.2, 0.25) is 5.02 Å². The number of carbonyl (C=O) groups is 1. The Bertz CT molecular complexity index is 664. The standard InChI is InChI=1S/C14H11BrClNO2S/c1-19-12-7-9(3-5-11(12)16)17-14(18)10-4-2-8(15)6-13(10)20/h2-7,20H,1H3,(H,17,18). The molecule has 0 unspecified atom stereocenters. The van der Waals surface area contributed by atoms with Crippen molar-refractivity contribution in [3.63, 3.8) is 0 Å². The summed E-state index contributed by atoms with van der Waals surface area (Å²) >= 11 is 13.6. The molecule has 2 rings (SSSR count). The van der Waals surface area contributed by atoms with E-state index in [-0.39, 0.29) is 5.91 Å². The van der Waals surface area contributed by atoms with Crippen LogP contribution in [0.15, 0.2) is 45.8 Å². The maximum absolute atomic E-state index is 12.2. The SMILES string of the molecule is COc1cc(NC(=O)c2ccc(Br)cc2S)ccc1Cl. The predicted octanol–water partition coefficient (Wildman–Crippen LogP) is 4.65. The van der Waals surface area contributed by atoms with E-state index in [9.17, 15) is 4.79 Å². The van der Waals surface area contributed by atoms with Crippen molar-refractivity contribution >= 4 is 51.8 Å². The average Bonchev–Trinajstić information content (AvgIpc) is 2.40. The van der Waals surface area contributed by atoms with Crippen molar-refractivity contribution in [3.05, 3.63) is 51.5 Å². The lowest BCUT2D eigenvalue weighted by Gasteiger charge is -2.09. The van der Waals surface area contributed by atoms with Crippen molar-refractivity contribution in [2.24, 2.45) is 0 Å². The Morgan fingerprint density at radius 2 is 2.05 bits per heavy atom. The van der Waals surface area contributed by atoms with Crippen LogP contribution in [0, 0.1) is 0 Å². The van der Waals surface area contributed by atoms with Gasteiger partial charge in [0, 0.05) is 21.1 Å². The quantitative estimate of drug-likeness (QED) is 0.770. The van der Waals surface area contributed by atoms with Gasteiger partial charge in [-0.15, -0.1) is 12.6 Å². The van der Waals surface area contributed by atoms with Gasteiger partial charge in [0.1, 0.15) is 5.75 Å². The largest absolute Gasteiger partial charge is 0.495 e. The fourth-order valence-corrected chi connectivity index (χ4v) is 2.68. The molecule has 0 heterocycles. The van der Waals surface area contributed by atoms with Gasteiger partial charge in [-0.3, -0.25) is 4.79 Å². The van der Waals surface area contributed by atoms with Crippen LogP contribution in [-0.4, -0.2) is 13.0 Å². The summed E-state index contributed by atoms with van der Waals surface area (Å²) in [6.45, 7) is 0. The molecule has 2 aromatic carbocycles. The summed E-state index contributed by atoms with van der Waals surface area (Å²) in [5, 5.41) is 3.27. The van der Waals surface area contributed by atoms with Crippen molar-refractivity contribution in [1.82, 2.24) is 0 Å². The van der Waals surface area contributed by atoms with Crippen LogP contribution in [0.25, 0.3) is 0 Å². The van der Waals surface area contributed by atoms with E-state index in [1.165, 1.54) is 7.11 Å². The van der Waals surface area contributed by atoms with Gasteiger partial charge >= 0.3 is 0 Å². The molecule has 0 aromatic heterocycles. The highest BCUT2D eigenvalue weighted by atomic mass is 79.9. The van der Waals surface area contributed by atoms with Crippen molar-refractivity contribution in [3.8, 4) is 5.75 Å². The summed E-state index contributed by atoms with van der Waals surface area (Å²) in [6, 6.07) is 10.3. The average molecular weight is 373 g/mol. The minimum absolute atomic E-state index is 0.244. The molecule has 0 bridgehead atoms. The predicted molar refractivity (Wildman–Crippen MR) is 87.4 cm³/mol. The molecular formula is C14H11BrClNO2S. The highest BCUT2D eigenvalue weighted by molar-refractivity contribution is 9.10. The first-order chi connectivity index (χ1) is 9.51. The molecule has 0 radical (unpaired) electrons. The van der Waals surface area contributed by atoms with Crippen LogP contribution in [0.1, 0.15) is 10.4 Å². The minimum Gasteiger partial charge on any atom is -0.495 e. The summed E-state index contributed by atoms with van der Waals surface area (Å²) in [6.07, 6.45) is 0. The van der Waals surface area contributed by atoms with Crippen LogP contribution >= 0.6 is 40.2 Å². The molecule has 0 aliphatic rings. The van der Waals surface area contributed by atoms with Crippen LogP contribution in [0.3, 0.4) is 0 Å². The Morgan fingerprint density at radius 3 is 2.70 bits per heavy atom. The van der Waals surface area contributed by atoms with E-state index in [2.05, 4.69) is 33.9 Å². The zero-order valence-corrected chi connectivity index (χ0v) is 13.7. The van der Waals surface area contributed by atoms with E-state index in [0.29, 0.717) is 26.9 Å². The summed E-state index contributed by atoms with van der Waals surface area (Å²) < 4.78 is 5.98. The molecule has 0 spiro atoms. The van der Waals surface area contributed by atoms with E-state index in [1.54, 1.807) is 36.4 Å². The molecule has 2 aromatic rings. The lowest BCUT2D eigenvalue weighted by molar-refractivity contribution is 0.102. The number of anilines is 1. The zero-order chi connectivity index (χ0) is 14.7. The van der Waals surface area contributed by atoms with Gasteiger partial charge < -0.3 is 10.1 Å². The molecule has 0 aliphatic heterocycles. The van der Waals surface area contributed by atoms with Gasteiger partial charge in [-0.05, 0) is 30.3 Å². The number of methoxy groups -OCH3 is 1. The number of rotatable bonds is 3. The summed E-state index contributed by atoms with van der Waals surface area (Å²) in [7, 11) is 1.52. The van der Waals surface area contributed by atoms with Crippen molar-refractivity contribution < 1.29 is 9.53 Å². The van der Waals surface area contributed by atoms with Gasteiger partial charge in [0.15, 0.2) is 0 Å². The lowest BCUT2D eigenvalue weighted by Crippen LogP contribution is -2.12. The van der Waals surface area contributed by atoms with Crippen LogP contribution < -0.4 is 10.1 Å². The highest BCUT2D eigenvalue weighted by Gasteiger charge is 2.11. The van der Waals surface area contributed by atoms with E-state index in [1.807, 2.05) is 0 Å². The number of benzene rings is 2. The third-order valence-electron chi connectivity index (χ3n) is 2.61. The second-order valence-corrected chi connectivity index (χ2v) is 5.77. The second kappa shape index (κ2) is 6.52. The Kier molecular flexibility index (Phi) is 4.96. The Balaban J connectivity index is 2.23. The van der Waals surface area contributed by atoms with Gasteiger partial charge in [0.25, 0.3) is 5.91 Å². The van der Waals surface area contributed by atoms with Gasteiger partial charge in [0.05, 0.1) is 17.7 Å². The summed E-state index contributed by atoms with van der Waals surface area (Å²) in [5.74, 6) is 0.262. The molecule has 1 amide bonds. The van der Waals surface area contributed by atoms with Crippen LogP contribution in [-0.2, 0) is 0 Å². The fraction of sp³-hybridized carbons (Fsp3) is 0.0714. The Labute approximate surface area is 135 Å². The molecule has 0 aliphatic carbocycles. The number of hydrogen-bond acceptors (Lipinski definition) is 3. The number of amides is 1. The molecule has 1 N–H and O–H groups in total. The lowest BCUT2D eigenvalue weighted by atomic mass is 10.2. The zero-order valence-electron chi connectivity index (χ0n) is 10.5. The number of thiol groups is 1. The van der Waals surface area contributed by atoms with E-state index < -0.39 is 0 Å². The van der Waals surface area contributed by atoms with Gasteiger partial charge in [-0.2, -0.15) is 0 Å². The minimum atomic E-state index is -0.244. The number of nitrogens with one attached hydrogen (secondary N) is 1. The van der Waals surface area contributed by atoms with Crippen LogP contribution in [0.5, 0.6) is 5.75 Å². The molecule has 6 heteroatoms. The third-order valence-corrected chi connectivity index (χ3v) is 3.79. The molecule has 0 fully saturated rings. The maximum atomic E-state index is 12.2. The van der Waals surface area contributed by atoms with Gasteiger partial charge in [-0.25, -0.2) is 0 Å². The first kappa shape index (κ1) is 15.2. The first-order valence-corrected chi connectivity index (χ1v) is 7.26. The van der Waals surface area contributed by atoms with Gasteiger partial charge in [-0.1, -0.05) is 27.5 Å². The normalized spacial score (nSPS) is 10.2. The fourth-order valence-electron chi connectivity index (χ4n) is 1.63. The second-order valence-electron chi connectivity index (χ2n) is 3.96. The Morgan fingerprint density at radius 1 is 1.30 bits per heavy atom.